The average molecular weight is 313 g/mol. The van der Waals surface area contributed by atoms with Crippen LogP contribution in [0.15, 0.2) is 30.6 Å². The summed E-state index contributed by atoms with van der Waals surface area (Å²) in [5, 5.41) is 5.24. The lowest BCUT2D eigenvalue weighted by molar-refractivity contribution is -0.116. The molecule has 23 heavy (non-hydrogen) atoms. The first-order chi connectivity index (χ1) is 11.1. The van der Waals surface area contributed by atoms with Crippen LogP contribution in [0.4, 0.5) is 15.8 Å². The van der Waals surface area contributed by atoms with E-state index in [0.29, 0.717) is 29.7 Å². The molecule has 6 heteroatoms. The number of nitrogens with zero attached hydrogens (tertiary/aromatic N) is 1. The maximum Gasteiger partial charge on any atom is 0.256 e. The molecule has 0 fully saturated rings. The molecule has 2 N–H and O–H groups in total. The summed E-state index contributed by atoms with van der Waals surface area (Å²) in [6.45, 7) is 1.93. The largest absolute Gasteiger partial charge is 0.326 e. The Morgan fingerprint density at radius 2 is 2.17 bits per heavy atom. The third-order valence-corrected chi connectivity index (χ3v) is 3.90. The van der Waals surface area contributed by atoms with Gasteiger partial charge in [-0.3, -0.25) is 14.6 Å². The third-order valence-electron chi connectivity index (χ3n) is 3.90. The molecule has 0 radical (unpaired) electrons. The van der Waals surface area contributed by atoms with E-state index in [-0.39, 0.29) is 23.9 Å². The molecule has 0 spiro atoms. The molecule has 1 aliphatic heterocycles. The van der Waals surface area contributed by atoms with Crippen molar-refractivity contribution in [3.8, 4) is 0 Å². The van der Waals surface area contributed by atoms with Crippen LogP contribution < -0.4 is 10.6 Å². The maximum atomic E-state index is 14.6. The first-order valence-electron chi connectivity index (χ1n) is 7.45. The van der Waals surface area contributed by atoms with E-state index in [9.17, 15) is 14.0 Å². The van der Waals surface area contributed by atoms with Crippen LogP contribution in [0, 0.1) is 5.82 Å². The second-order valence-corrected chi connectivity index (χ2v) is 5.34. The minimum Gasteiger partial charge on any atom is -0.326 e. The Bertz CT molecular complexity index is 789. The van der Waals surface area contributed by atoms with Crippen molar-refractivity contribution in [1.82, 2.24) is 4.98 Å². The van der Waals surface area contributed by atoms with E-state index in [1.54, 1.807) is 18.3 Å². The van der Waals surface area contributed by atoms with Crippen molar-refractivity contribution in [3.05, 3.63) is 53.1 Å². The van der Waals surface area contributed by atoms with Gasteiger partial charge in [0.05, 0.1) is 5.69 Å². The van der Waals surface area contributed by atoms with Crippen LogP contribution >= 0.6 is 0 Å². The summed E-state index contributed by atoms with van der Waals surface area (Å²) >= 11 is 0. The quantitative estimate of drug-likeness (QED) is 0.915. The van der Waals surface area contributed by atoms with E-state index in [1.807, 2.05) is 6.92 Å². The molecule has 0 unspecified atom stereocenters. The number of pyridine rings is 1. The van der Waals surface area contributed by atoms with Crippen molar-refractivity contribution in [3.63, 3.8) is 0 Å². The number of benzene rings is 1. The van der Waals surface area contributed by atoms with E-state index >= 15 is 0 Å². The standard InChI is InChI=1S/C17H16FN3O2/c1-2-10-9-19-8-7-11(10)17(23)21-14-5-4-13-12(16(14)18)3-6-15(22)20-13/h4-5,7-9H,2-3,6H2,1H3,(H,20,22)(H,21,23). The van der Waals surface area contributed by atoms with E-state index in [4.69, 9.17) is 0 Å². The highest BCUT2D eigenvalue weighted by Gasteiger charge is 2.21. The summed E-state index contributed by atoms with van der Waals surface area (Å²) in [7, 11) is 0. The van der Waals surface area contributed by atoms with Crippen LogP contribution in [0.2, 0.25) is 0 Å². The summed E-state index contributed by atoms with van der Waals surface area (Å²) in [6.07, 6.45) is 4.40. The smallest absolute Gasteiger partial charge is 0.256 e. The Morgan fingerprint density at radius 1 is 1.35 bits per heavy atom. The minimum atomic E-state index is -0.497. The zero-order valence-corrected chi connectivity index (χ0v) is 12.6. The highest BCUT2D eigenvalue weighted by molar-refractivity contribution is 6.05. The van der Waals surface area contributed by atoms with Gasteiger partial charge in [-0.2, -0.15) is 0 Å². The zero-order chi connectivity index (χ0) is 16.4. The Labute approximate surface area is 132 Å². The predicted molar refractivity (Wildman–Crippen MR) is 84.9 cm³/mol. The number of halogens is 1. The Morgan fingerprint density at radius 3 is 2.96 bits per heavy atom. The Hall–Kier alpha value is -2.76. The number of nitrogens with one attached hydrogen (secondary N) is 2. The van der Waals surface area contributed by atoms with Gasteiger partial charge in [0, 0.05) is 35.6 Å². The molecule has 3 rings (SSSR count). The molecule has 2 amide bonds. The number of rotatable bonds is 3. The normalized spacial score (nSPS) is 13.2. The average Bonchev–Trinajstić information content (AvgIpc) is 2.57. The van der Waals surface area contributed by atoms with Crippen LogP contribution in [0.5, 0.6) is 0 Å². The maximum absolute atomic E-state index is 14.6. The van der Waals surface area contributed by atoms with E-state index < -0.39 is 5.82 Å². The van der Waals surface area contributed by atoms with Crippen molar-refractivity contribution in [2.75, 3.05) is 10.6 Å². The van der Waals surface area contributed by atoms with Gasteiger partial charge >= 0.3 is 0 Å². The van der Waals surface area contributed by atoms with Gasteiger partial charge in [-0.1, -0.05) is 6.92 Å². The van der Waals surface area contributed by atoms with E-state index in [0.717, 1.165) is 5.56 Å². The fourth-order valence-corrected chi connectivity index (χ4v) is 2.65. The lowest BCUT2D eigenvalue weighted by Crippen LogP contribution is -2.21. The number of aryl methyl sites for hydroxylation is 1. The molecule has 0 aliphatic carbocycles. The third kappa shape index (κ3) is 2.92. The highest BCUT2D eigenvalue weighted by Crippen LogP contribution is 2.30. The monoisotopic (exact) mass is 313 g/mol. The number of carbonyl (C=O) groups excluding carboxylic acids is 2. The van der Waals surface area contributed by atoms with Crippen molar-refractivity contribution in [2.45, 2.75) is 26.2 Å². The van der Waals surface area contributed by atoms with E-state index in [2.05, 4.69) is 15.6 Å². The molecule has 0 atom stereocenters. The molecule has 1 aromatic carbocycles. The van der Waals surface area contributed by atoms with E-state index in [1.165, 1.54) is 12.3 Å². The molecule has 1 aliphatic rings. The predicted octanol–water partition coefficient (Wildman–Crippen LogP) is 2.92. The molecular weight excluding hydrogens is 297 g/mol. The number of carbonyl (C=O) groups is 2. The number of amides is 2. The molecule has 2 heterocycles. The van der Waals surface area contributed by atoms with Crippen LogP contribution in [0.3, 0.4) is 0 Å². The SMILES string of the molecule is CCc1cnccc1C(=O)Nc1ccc2c(c1F)CCC(=O)N2. The van der Waals surface area contributed by atoms with Gasteiger partial charge in [0.25, 0.3) is 5.91 Å². The number of anilines is 2. The summed E-state index contributed by atoms with van der Waals surface area (Å²) < 4.78 is 14.6. The summed E-state index contributed by atoms with van der Waals surface area (Å²) in [4.78, 5) is 27.7. The fraction of sp³-hybridized carbons (Fsp3) is 0.235. The summed E-state index contributed by atoms with van der Waals surface area (Å²) in [6, 6.07) is 4.69. The first-order valence-corrected chi connectivity index (χ1v) is 7.45. The first kappa shape index (κ1) is 15.1. The molecular formula is C17H16FN3O2. The number of hydrogen-bond donors (Lipinski definition) is 2. The van der Waals surface area contributed by atoms with Gasteiger partial charge in [-0.05, 0) is 36.6 Å². The lowest BCUT2D eigenvalue weighted by atomic mass is 10.0. The van der Waals surface area contributed by atoms with Gasteiger partial charge in [0.2, 0.25) is 5.91 Å². The van der Waals surface area contributed by atoms with Gasteiger partial charge < -0.3 is 10.6 Å². The minimum absolute atomic E-state index is 0.115. The number of aromatic nitrogens is 1. The molecule has 2 aromatic rings. The van der Waals surface area contributed by atoms with Crippen molar-refractivity contribution >= 4 is 23.2 Å². The van der Waals surface area contributed by atoms with Crippen LogP contribution in [0.1, 0.15) is 34.8 Å². The Balaban J connectivity index is 1.89. The van der Waals surface area contributed by atoms with Gasteiger partial charge in [-0.25, -0.2) is 4.39 Å². The van der Waals surface area contributed by atoms with Gasteiger partial charge in [0.1, 0.15) is 0 Å². The van der Waals surface area contributed by atoms with Crippen LogP contribution in [-0.4, -0.2) is 16.8 Å². The van der Waals surface area contributed by atoms with Gasteiger partial charge in [-0.15, -0.1) is 0 Å². The molecule has 118 valence electrons. The molecule has 0 saturated heterocycles. The molecule has 0 saturated carbocycles. The topological polar surface area (TPSA) is 71.1 Å². The molecule has 5 nitrogen and oxygen atoms in total. The van der Waals surface area contributed by atoms with Gasteiger partial charge in [0.15, 0.2) is 5.82 Å². The lowest BCUT2D eigenvalue weighted by Gasteiger charge is -2.19. The summed E-state index contributed by atoms with van der Waals surface area (Å²) in [5.41, 5.74) is 2.29. The van der Waals surface area contributed by atoms with Crippen molar-refractivity contribution in [1.29, 1.82) is 0 Å². The zero-order valence-electron chi connectivity index (χ0n) is 12.6. The van der Waals surface area contributed by atoms with Crippen LogP contribution in [-0.2, 0) is 17.6 Å². The number of fused-ring (bicyclic) bond motifs is 1. The van der Waals surface area contributed by atoms with Crippen molar-refractivity contribution < 1.29 is 14.0 Å². The second-order valence-electron chi connectivity index (χ2n) is 5.34. The summed E-state index contributed by atoms with van der Waals surface area (Å²) in [5.74, 6) is -0.996. The molecule has 0 bridgehead atoms. The van der Waals surface area contributed by atoms with Crippen LogP contribution in [0.25, 0.3) is 0 Å². The van der Waals surface area contributed by atoms with Crippen molar-refractivity contribution in [2.24, 2.45) is 0 Å². The fourth-order valence-electron chi connectivity index (χ4n) is 2.65. The second kappa shape index (κ2) is 6.16. The molecule has 1 aromatic heterocycles. The highest BCUT2D eigenvalue weighted by atomic mass is 19.1. The number of hydrogen-bond acceptors (Lipinski definition) is 3. The Kier molecular flexibility index (Phi) is 4.06.